The maximum Gasteiger partial charge on any atom is 0.269 e. The quantitative estimate of drug-likeness (QED) is 0.270. The van der Waals surface area contributed by atoms with Gasteiger partial charge >= 0.3 is 0 Å². The molecule has 1 aliphatic heterocycles. The molecule has 0 spiro atoms. The van der Waals surface area contributed by atoms with Crippen LogP contribution in [-0.2, 0) is 27.8 Å². The van der Waals surface area contributed by atoms with Crippen LogP contribution in [0.15, 0.2) is 71.9 Å². The molecule has 3 aromatic carbocycles. The Morgan fingerprint density at radius 3 is 2.41 bits per heavy atom. The van der Waals surface area contributed by atoms with Crippen LogP contribution in [0.1, 0.15) is 39.5 Å². The lowest BCUT2D eigenvalue weighted by molar-refractivity contribution is -0.114. The van der Waals surface area contributed by atoms with Crippen molar-refractivity contribution in [2.24, 2.45) is 0 Å². The average Bonchev–Trinajstić information content (AvgIpc) is 3.40. The molecule has 2 amide bonds. The van der Waals surface area contributed by atoms with Crippen molar-refractivity contribution in [3.63, 3.8) is 0 Å². The number of rotatable bonds is 6. The monoisotopic (exact) mass is 636 g/mol. The molecule has 0 aliphatic carbocycles. The molecule has 1 aliphatic rings. The molecule has 5 aromatic rings. The lowest BCUT2D eigenvalue weighted by atomic mass is 9.92. The number of nitrogens with one attached hydrogen (secondary N) is 1. The predicted molar refractivity (Wildman–Crippen MR) is 179 cm³/mol. The smallest absolute Gasteiger partial charge is 0.269 e. The minimum atomic E-state index is -4.06. The summed E-state index contributed by atoms with van der Waals surface area (Å²) in [6.07, 6.45) is 4.11. The number of aromatic nitrogens is 3. The van der Waals surface area contributed by atoms with E-state index >= 15 is 0 Å². The number of carbonyl (C=O) groups is 2. The largest absolute Gasteiger partial charge is 0.345 e. The normalized spacial score (nSPS) is 13.4. The van der Waals surface area contributed by atoms with Crippen LogP contribution in [0.4, 0.5) is 5.69 Å². The van der Waals surface area contributed by atoms with Gasteiger partial charge in [0.15, 0.2) is 5.65 Å². The topological polar surface area (TPSA) is 117 Å². The van der Waals surface area contributed by atoms with Gasteiger partial charge in [0.1, 0.15) is 5.52 Å². The van der Waals surface area contributed by atoms with E-state index in [4.69, 9.17) is 4.98 Å². The molecule has 6 rings (SSSR count). The molecule has 0 atom stereocenters. The molecule has 10 nitrogen and oxygen atoms in total. The number of hydrogen-bond donors (Lipinski definition) is 1. The second-order valence-electron chi connectivity index (χ2n) is 12.1. The molecule has 2 aromatic heterocycles. The summed E-state index contributed by atoms with van der Waals surface area (Å²) < 4.78 is 29.2. The predicted octanol–water partition coefficient (Wildman–Crippen LogP) is 5.27. The van der Waals surface area contributed by atoms with E-state index in [0.717, 1.165) is 34.6 Å². The SMILES string of the molecule is CC(=O)Nc1cc(-c2cn(S(=O)(=O)c3ccc(C)cc3)c3ncc(-c4cc(C)c5c(c4)CN(C)CC5)nc23)ccc1C(=O)N(C)C. The maximum absolute atomic E-state index is 14.0. The molecular weight excluding hydrogens is 600 g/mol. The fourth-order valence-corrected chi connectivity index (χ4v) is 7.28. The molecule has 0 unspecified atom stereocenters. The van der Waals surface area contributed by atoms with Crippen molar-refractivity contribution in [3.05, 3.63) is 94.8 Å². The summed E-state index contributed by atoms with van der Waals surface area (Å²) in [7, 11) is 1.32. The number of aryl methyl sites for hydroxylation is 2. The highest BCUT2D eigenvalue weighted by Gasteiger charge is 2.26. The first-order chi connectivity index (χ1) is 21.8. The maximum atomic E-state index is 14.0. The summed E-state index contributed by atoms with van der Waals surface area (Å²) in [4.78, 5) is 38.6. The lowest BCUT2D eigenvalue weighted by Gasteiger charge is -2.27. The van der Waals surface area contributed by atoms with Crippen molar-refractivity contribution in [1.82, 2.24) is 23.7 Å². The molecule has 0 bridgehead atoms. The van der Waals surface area contributed by atoms with Crippen LogP contribution < -0.4 is 5.32 Å². The van der Waals surface area contributed by atoms with Crippen LogP contribution in [0.2, 0.25) is 0 Å². The van der Waals surface area contributed by atoms with Crippen LogP contribution in [0, 0.1) is 13.8 Å². The lowest BCUT2D eigenvalue weighted by Crippen LogP contribution is -2.27. The van der Waals surface area contributed by atoms with Gasteiger partial charge in [-0.3, -0.25) is 9.59 Å². The fraction of sp³-hybridized carbons (Fsp3) is 0.257. The summed E-state index contributed by atoms with van der Waals surface area (Å²) in [5, 5.41) is 2.76. The van der Waals surface area contributed by atoms with E-state index in [1.54, 1.807) is 62.8 Å². The van der Waals surface area contributed by atoms with Gasteiger partial charge in [0.2, 0.25) is 5.91 Å². The minimum Gasteiger partial charge on any atom is -0.345 e. The number of carbonyl (C=O) groups excluding carboxylic acids is 2. The number of anilines is 1. The Balaban J connectivity index is 1.58. The first-order valence-corrected chi connectivity index (χ1v) is 16.4. The Bertz CT molecular complexity index is 2140. The molecule has 236 valence electrons. The van der Waals surface area contributed by atoms with Crippen LogP contribution in [-0.4, -0.2) is 71.7 Å². The first kappa shape index (κ1) is 31.1. The van der Waals surface area contributed by atoms with Gasteiger partial charge in [-0.1, -0.05) is 23.8 Å². The molecule has 0 fully saturated rings. The van der Waals surface area contributed by atoms with Crippen molar-refractivity contribution in [2.45, 2.75) is 38.6 Å². The Labute approximate surface area is 268 Å². The highest BCUT2D eigenvalue weighted by molar-refractivity contribution is 7.90. The average molecular weight is 637 g/mol. The molecule has 0 saturated carbocycles. The van der Waals surface area contributed by atoms with Crippen molar-refractivity contribution < 1.29 is 18.0 Å². The van der Waals surface area contributed by atoms with Gasteiger partial charge in [-0.05, 0) is 86.0 Å². The summed E-state index contributed by atoms with van der Waals surface area (Å²) >= 11 is 0. The fourth-order valence-electron chi connectivity index (χ4n) is 5.96. The van der Waals surface area contributed by atoms with Crippen molar-refractivity contribution >= 4 is 38.7 Å². The molecule has 46 heavy (non-hydrogen) atoms. The van der Waals surface area contributed by atoms with Crippen LogP contribution in [0.5, 0.6) is 0 Å². The third-order valence-corrected chi connectivity index (χ3v) is 10.0. The second kappa shape index (κ2) is 11.8. The Morgan fingerprint density at radius 1 is 0.978 bits per heavy atom. The molecule has 3 heterocycles. The highest BCUT2D eigenvalue weighted by atomic mass is 32.2. The number of benzene rings is 3. The molecular formula is C35H36N6O4S. The number of nitrogens with zero attached hydrogens (tertiary/aromatic N) is 5. The summed E-state index contributed by atoms with van der Waals surface area (Å²) in [5.74, 6) is -0.625. The zero-order chi connectivity index (χ0) is 32.9. The van der Waals surface area contributed by atoms with Gasteiger partial charge in [-0.2, -0.15) is 0 Å². The molecule has 11 heteroatoms. The van der Waals surface area contributed by atoms with Gasteiger partial charge in [0, 0.05) is 51.4 Å². The number of likely N-dealkylation sites (N-methyl/N-ethyl adjacent to an activating group) is 1. The zero-order valence-corrected chi connectivity index (χ0v) is 27.6. The Morgan fingerprint density at radius 2 is 1.72 bits per heavy atom. The van der Waals surface area contributed by atoms with Gasteiger partial charge in [-0.25, -0.2) is 22.4 Å². The third-order valence-electron chi connectivity index (χ3n) is 8.36. The number of hydrogen-bond acceptors (Lipinski definition) is 7. The van der Waals surface area contributed by atoms with E-state index in [2.05, 4.69) is 41.3 Å². The van der Waals surface area contributed by atoms with Crippen molar-refractivity contribution in [1.29, 1.82) is 0 Å². The minimum absolute atomic E-state index is 0.118. The molecule has 0 saturated heterocycles. The van der Waals surface area contributed by atoms with Crippen molar-refractivity contribution in [2.75, 3.05) is 33.0 Å². The number of amides is 2. The van der Waals surface area contributed by atoms with Crippen molar-refractivity contribution in [3.8, 4) is 22.4 Å². The summed E-state index contributed by atoms with van der Waals surface area (Å²) in [6.45, 7) is 7.21. The van der Waals surface area contributed by atoms with Crippen LogP contribution in [0.25, 0.3) is 33.5 Å². The zero-order valence-electron chi connectivity index (χ0n) is 26.7. The van der Waals surface area contributed by atoms with E-state index in [-0.39, 0.29) is 22.4 Å². The van der Waals surface area contributed by atoms with Crippen LogP contribution >= 0.6 is 0 Å². The highest BCUT2D eigenvalue weighted by Crippen LogP contribution is 2.36. The summed E-state index contributed by atoms with van der Waals surface area (Å²) in [6, 6.07) is 15.9. The molecule has 1 N–H and O–H groups in total. The van der Waals surface area contributed by atoms with E-state index in [1.807, 2.05) is 6.92 Å². The number of fused-ring (bicyclic) bond motifs is 2. The second-order valence-corrected chi connectivity index (χ2v) is 14.0. The molecule has 0 radical (unpaired) electrons. The van der Waals surface area contributed by atoms with Gasteiger partial charge in [0.25, 0.3) is 15.9 Å². The Hall–Kier alpha value is -4.87. The van der Waals surface area contributed by atoms with E-state index < -0.39 is 10.0 Å². The first-order valence-electron chi connectivity index (χ1n) is 15.0. The van der Waals surface area contributed by atoms with Gasteiger partial charge in [0.05, 0.1) is 28.0 Å². The van der Waals surface area contributed by atoms with Crippen LogP contribution in [0.3, 0.4) is 0 Å². The third kappa shape index (κ3) is 5.67. The van der Waals surface area contributed by atoms with Gasteiger partial charge in [-0.15, -0.1) is 0 Å². The van der Waals surface area contributed by atoms with E-state index in [0.29, 0.717) is 33.6 Å². The Kier molecular flexibility index (Phi) is 7.99. The van der Waals surface area contributed by atoms with E-state index in [9.17, 15) is 18.0 Å². The van der Waals surface area contributed by atoms with E-state index in [1.165, 1.54) is 34.7 Å². The summed E-state index contributed by atoms with van der Waals surface area (Å²) in [5.41, 5.74) is 8.44. The van der Waals surface area contributed by atoms with Gasteiger partial charge < -0.3 is 15.1 Å². The standard InChI is InChI=1S/C35H36N6O4S/c1-21-7-10-27(11-8-21)46(44,45)41-20-30(24-9-12-29(35(43)39(4)5)31(17-24)37-23(3)42)33-34(41)36-18-32(38-33)25-15-22(2)28-13-14-40(6)19-26(28)16-25/h7-12,15-18,20H,13-14,19H2,1-6H3,(H,37,42).